The van der Waals surface area contributed by atoms with Gasteiger partial charge in [-0.2, -0.15) is 0 Å². The summed E-state index contributed by atoms with van der Waals surface area (Å²) in [5.74, 6) is 0. The molecule has 0 N–H and O–H groups in total. The third kappa shape index (κ3) is 5.23. The molecule has 0 bridgehead atoms. The summed E-state index contributed by atoms with van der Waals surface area (Å²) in [7, 11) is 0. The lowest BCUT2D eigenvalue weighted by Crippen LogP contribution is -2.33. The summed E-state index contributed by atoms with van der Waals surface area (Å²) >= 11 is 6.50. The van der Waals surface area contributed by atoms with E-state index in [-0.39, 0.29) is 0 Å². The van der Waals surface area contributed by atoms with Gasteiger partial charge in [0.05, 0.1) is 9.08 Å². The highest BCUT2D eigenvalue weighted by atomic mass is 79.9. The number of hydrogen-bond donors (Lipinski definition) is 0. The molecular formula is C13H15Br2NO2. The molecule has 0 saturated carbocycles. The molecule has 0 atom stereocenters. The molecule has 0 aromatic heterocycles. The average molecular weight is 377 g/mol. The third-order valence-corrected chi connectivity index (χ3v) is 2.26. The molecule has 0 heterocycles. The Morgan fingerprint density at radius 2 is 1.78 bits per heavy atom. The Morgan fingerprint density at radius 3 is 2.22 bits per heavy atom. The van der Waals surface area contributed by atoms with E-state index in [4.69, 9.17) is 4.74 Å². The van der Waals surface area contributed by atoms with Crippen molar-refractivity contribution in [3.8, 4) is 0 Å². The van der Waals surface area contributed by atoms with Crippen LogP contribution in [0.2, 0.25) is 0 Å². The zero-order valence-electron chi connectivity index (χ0n) is 10.5. The van der Waals surface area contributed by atoms with Gasteiger partial charge in [0.15, 0.2) is 0 Å². The quantitative estimate of drug-likeness (QED) is 0.725. The van der Waals surface area contributed by atoms with Crippen molar-refractivity contribution in [3.05, 3.63) is 39.9 Å². The minimum Gasteiger partial charge on any atom is -0.443 e. The summed E-state index contributed by atoms with van der Waals surface area (Å²) in [4.78, 5) is 13.5. The molecule has 1 amide bonds. The maximum absolute atomic E-state index is 12.1. The van der Waals surface area contributed by atoms with Crippen LogP contribution < -0.4 is 4.90 Å². The van der Waals surface area contributed by atoms with E-state index in [1.165, 1.54) is 4.90 Å². The lowest BCUT2D eigenvalue weighted by atomic mass is 10.2. The molecule has 0 spiro atoms. The fourth-order valence-corrected chi connectivity index (χ4v) is 1.64. The maximum Gasteiger partial charge on any atom is 0.419 e. The van der Waals surface area contributed by atoms with Gasteiger partial charge in [0.25, 0.3) is 0 Å². The zero-order valence-corrected chi connectivity index (χ0v) is 13.7. The normalized spacial score (nSPS) is 10.7. The summed E-state index contributed by atoms with van der Waals surface area (Å²) in [5.41, 5.74) is 0.208. The molecular weight excluding hydrogens is 362 g/mol. The van der Waals surface area contributed by atoms with E-state index in [9.17, 15) is 4.79 Å². The van der Waals surface area contributed by atoms with Gasteiger partial charge in [0.2, 0.25) is 0 Å². The highest BCUT2D eigenvalue weighted by Crippen LogP contribution is 2.22. The number of amides is 1. The Hall–Kier alpha value is -0.810. The fraction of sp³-hybridized carbons (Fsp3) is 0.308. The van der Waals surface area contributed by atoms with Gasteiger partial charge < -0.3 is 4.74 Å². The van der Waals surface area contributed by atoms with Crippen LogP contribution in [0.3, 0.4) is 0 Å². The van der Waals surface area contributed by atoms with E-state index in [2.05, 4.69) is 31.9 Å². The lowest BCUT2D eigenvalue weighted by Gasteiger charge is -2.25. The number of benzene rings is 1. The van der Waals surface area contributed by atoms with E-state index < -0.39 is 11.7 Å². The molecule has 5 heteroatoms. The second-order valence-corrected chi connectivity index (χ2v) is 7.38. The van der Waals surface area contributed by atoms with Crippen molar-refractivity contribution in [3.63, 3.8) is 0 Å². The van der Waals surface area contributed by atoms with Crippen LogP contribution in [-0.2, 0) is 4.74 Å². The first-order chi connectivity index (χ1) is 8.29. The summed E-state index contributed by atoms with van der Waals surface area (Å²) in [6.45, 7) is 5.50. The maximum atomic E-state index is 12.1. The van der Waals surface area contributed by atoms with Gasteiger partial charge >= 0.3 is 6.09 Å². The number of halogens is 2. The van der Waals surface area contributed by atoms with Gasteiger partial charge in [0.1, 0.15) is 5.60 Å². The summed E-state index contributed by atoms with van der Waals surface area (Å²) in [6, 6.07) is 9.29. The predicted molar refractivity (Wildman–Crippen MR) is 81.1 cm³/mol. The van der Waals surface area contributed by atoms with Crippen molar-refractivity contribution < 1.29 is 9.53 Å². The molecule has 1 aromatic rings. The van der Waals surface area contributed by atoms with Gasteiger partial charge in [0, 0.05) is 6.20 Å². The average Bonchev–Trinajstić information content (AvgIpc) is 2.24. The molecule has 0 aliphatic rings. The molecule has 0 saturated heterocycles. The molecule has 0 radical (unpaired) electrons. The fourth-order valence-electron chi connectivity index (χ4n) is 1.23. The number of anilines is 1. The third-order valence-electron chi connectivity index (χ3n) is 1.85. The van der Waals surface area contributed by atoms with Crippen molar-refractivity contribution in [1.29, 1.82) is 0 Å². The molecule has 0 aliphatic carbocycles. The minimum atomic E-state index is -0.531. The van der Waals surface area contributed by atoms with E-state index >= 15 is 0 Å². The Kier molecular flexibility index (Phi) is 5.41. The van der Waals surface area contributed by atoms with Crippen molar-refractivity contribution in [2.45, 2.75) is 26.4 Å². The number of nitrogens with zero attached hydrogens (tertiary/aromatic N) is 1. The van der Waals surface area contributed by atoms with Gasteiger partial charge in [-0.25, -0.2) is 4.79 Å². The van der Waals surface area contributed by atoms with Crippen LogP contribution in [0, 0.1) is 0 Å². The molecule has 1 aromatic carbocycles. The first kappa shape index (κ1) is 15.2. The van der Waals surface area contributed by atoms with Crippen molar-refractivity contribution >= 4 is 43.6 Å². The van der Waals surface area contributed by atoms with E-state index in [1.807, 2.05) is 51.1 Å². The predicted octanol–water partition coefficient (Wildman–Crippen LogP) is 5.02. The molecule has 0 aliphatic heterocycles. The molecule has 18 heavy (non-hydrogen) atoms. The van der Waals surface area contributed by atoms with Crippen molar-refractivity contribution in [1.82, 2.24) is 0 Å². The number of carbonyl (C=O) groups is 1. The number of carbonyl (C=O) groups excluding carboxylic acids is 1. The Bertz CT molecular complexity index is 434. The number of hydrogen-bond acceptors (Lipinski definition) is 2. The second kappa shape index (κ2) is 6.38. The SMILES string of the molecule is CC(C)(C)OC(=O)N(C=C(Br)Br)c1ccccc1. The Morgan fingerprint density at radius 1 is 1.22 bits per heavy atom. The van der Waals surface area contributed by atoms with E-state index in [1.54, 1.807) is 6.20 Å². The molecule has 0 fully saturated rings. The zero-order chi connectivity index (χ0) is 13.8. The van der Waals surface area contributed by atoms with Crippen LogP contribution in [-0.4, -0.2) is 11.7 Å². The van der Waals surface area contributed by atoms with Gasteiger partial charge in [-0.15, -0.1) is 0 Å². The smallest absolute Gasteiger partial charge is 0.419 e. The van der Waals surface area contributed by atoms with Crippen molar-refractivity contribution in [2.24, 2.45) is 0 Å². The van der Waals surface area contributed by atoms with Crippen LogP contribution in [0.5, 0.6) is 0 Å². The molecule has 98 valence electrons. The monoisotopic (exact) mass is 375 g/mol. The minimum absolute atomic E-state index is 0.426. The number of ether oxygens (including phenoxy) is 1. The topological polar surface area (TPSA) is 29.5 Å². The van der Waals surface area contributed by atoms with Crippen LogP contribution in [0.25, 0.3) is 0 Å². The van der Waals surface area contributed by atoms with E-state index in [0.29, 0.717) is 3.39 Å². The van der Waals surface area contributed by atoms with Crippen molar-refractivity contribution in [2.75, 3.05) is 4.90 Å². The van der Waals surface area contributed by atoms with Crippen LogP contribution in [0.4, 0.5) is 10.5 Å². The van der Waals surface area contributed by atoms with Gasteiger partial charge in [-0.05, 0) is 64.8 Å². The Labute approximate surface area is 124 Å². The lowest BCUT2D eigenvalue weighted by molar-refractivity contribution is 0.0596. The number of rotatable bonds is 2. The summed E-state index contributed by atoms with van der Waals surface area (Å²) < 4.78 is 6.01. The first-order valence-electron chi connectivity index (χ1n) is 5.40. The molecule has 0 unspecified atom stereocenters. The summed E-state index contributed by atoms with van der Waals surface area (Å²) in [6.07, 6.45) is 1.19. The largest absolute Gasteiger partial charge is 0.443 e. The highest BCUT2D eigenvalue weighted by Gasteiger charge is 2.22. The van der Waals surface area contributed by atoms with Crippen LogP contribution in [0.1, 0.15) is 20.8 Å². The standard InChI is InChI=1S/C13H15Br2NO2/c1-13(2,3)18-12(17)16(9-11(14)15)10-7-5-4-6-8-10/h4-9H,1-3H3. The first-order valence-corrected chi connectivity index (χ1v) is 6.98. The molecule has 1 rings (SSSR count). The number of para-hydroxylation sites is 1. The summed E-state index contributed by atoms with van der Waals surface area (Å²) in [5, 5.41) is 0. The Balaban J connectivity index is 3.00. The van der Waals surface area contributed by atoms with Gasteiger partial charge in [-0.1, -0.05) is 18.2 Å². The highest BCUT2D eigenvalue weighted by molar-refractivity contribution is 9.28. The van der Waals surface area contributed by atoms with Crippen LogP contribution in [0.15, 0.2) is 39.9 Å². The molecule has 3 nitrogen and oxygen atoms in total. The van der Waals surface area contributed by atoms with Crippen LogP contribution >= 0.6 is 31.9 Å². The van der Waals surface area contributed by atoms with Gasteiger partial charge in [-0.3, -0.25) is 4.90 Å². The second-order valence-electron chi connectivity index (χ2n) is 4.60. The van der Waals surface area contributed by atoms with E-state index in [0.717, 1.165) is 5.69 Å².